The van der Waals surface area contributed by atoms with Gasteiger partial charge in [-0.2, -0.15) is 0 Å². The van der Waals surface area contributed by atoms with Crippen LogP contribution in [0.2, 0.25) is 0 Å². The summed E-state index contributed by atoms with van der Waals surface area (Å²) in [7, 11) is 0. The van der Waals surface area contributed by atoms with E-state index in [1.807, 2.05) is 24.3 Å². The molecule has 1 fully saturated rings. The number of halogens is 1. The van der Waals surface area contributed by atoms with Gasteiger partial charge in [-0.1, -0.05) is 18.6 Å². The van der Waals surface area contributed by atoms with Crippen molar-refractivity contribution < 1.29 is 4.42 Å². The van der Waals surface area contributed by atoms with Gasteiger partial charge in [0.15, 0.2) is 0 Å². The van der Waals surface area contributed by atoms with Crippen LogP contribution in [0.5, 0.6) is 0 Å². The third kappa shape index (κ3) is 3.04. The molecule has 0 amide bonds. The van der Waals surface area contributed by atoms with Crippen LogP contribution in [0.15, 0.2) is 33.2 Å². The highest BCUT2D eigenvalue weighted by Crippen LogP contribution is 2.27. The summed E-state index contributed by atoms with van der Waals surface area (Å²) in [6, 6.07) is 7.85. The lowest BCUT2D eigenvalue weighted by Crippen LogP contribution is -2.26. The summed E-state index contributed by atoms with van der Waals surface area (Å²) >= 11 is 3.49. The van der Waals surface area contributed by atoms with Crippen LogP contribution in [0.3, 0.4) is 0 Å². The minimum atomic E-state index is 0.563. The molecule has 5 heteroatoms. The molecule has 1 N–H and O–H groups in total. The standard InChI is InChI=1S/C14H16BrN3O/c15-12-7-2-1-6-11(12)14-18-17-13(19-14)9-16-8-10-4-3-5-10/h1-2,6-7,10,16H,3-5,8-9H2. The summed E-state index contributed by atoms with van der Waals surface area (Å²) in [6.45, 7) is 1.70. The van der Waals surface area contributed by atoms with Crippen LogP contribution >= 0.6 is 15.9 Å². The number of rotatable bonds is 5. The van der Waals surface area contributed by atoms with Crippen LogP contribution in [0, 0.1) is 5.92 Å². The Kier molecular flexibility index (Phi) is 3.94. The van der Waals surface area contributed by atoms with Gasteiger partial charge in [0.2, 0.25) is 11.8 Å². The van der Waals surface area contributed by atoms with Crippen LogP contribution in [0.4, 0.5) is 0 Å². The van der Waals surface area contributed by atoms with Gasteiger partial charge in [-0.15, -0.1) is 10.2 Å². The fraction of sp³-hybridized carbons (Fsp3) is 0.429. The summed E-state index contributed by atoms with van der Waals surface area (Å²) in [5.74, 6) is 2.05. The third-order valence-electron chi connectivity index (χ3n) is 3.51. The van der Waals surface area contributed by atoms with Gasteiger partial charge in [-0.05, 0) is 53.4 Å². The first-order valence-electron chi connectivity index (χ1n) is 6.61. The van der Waals surface area contributed by atoms with Gasteiger partial charge in [0.05, 0.1) is 12.1 Å². The maximum atomic E-state index is 5.67. The second kappa shape index (κ2) is 5.84. The molecule has 0 aliphatic heterocycles. The van der Waals surface area contributed by atoms with E-state index in [2.05, 4.69) is 31.4 Å². The fourth-order valence-corrected chi connectivity index (χ4v) is 2.60. The Hall–Kier alpha value is -1.20. The lowest BCUT2D eigenvalue weighted by molar-refractivity contribution is 0.296. The highest BCUT2D eigenvalue weighted by Gasteiger charge is 2.17. The van der Waals surface area contributed by atoms with Gasteiger partial charge in [0.25, 0.3) is 0 Å². The number of hydrogen-bond donors (Lipinski definition) is 1. The van der Waals surface area contributed by atoms with Crippen molar-refractivity contribution in [2.24, 2.45) is 5.92 Å². The van der Waals surface area contributed by atoms with Crippen LogP contribution in [0.1, 0.15) is 25.2 Å². The van der Waals surface area contributed by atoms with Crippen molar-refractivity contribution in [2.75, 3.05) is 6.54 Å². The Balaban J connectivity index is 1.61. The molecule has 100 valence electrons. The topological polar surface area (TPSA) is 51.0 Å². The molecule has 1 aliphatic rings. The van der Waals surface area contributed by atoms with E-state index in [-0.39, 0.29) is 0 Å². The highest BCUT2D eigenvalue weighted by molar-refractivity contribution is 9.10. The van der Waals surface area contributed by atoms with E-state index in [0.29, 0.717) is 18.3 Å². The van der Waals surface area contributed by atoms with Crippen molar-refractivity contribution in [3.05, 3.63) is 34.6 Å². The SMILES string of the molecule is Brc1ccccc1-c1nnc(CNCC2CCC2)o1. The molecule has 1 aromatic carbocycles. The zero-order chi connectivity index (χ0) is 13.1. The van der Waals surface area contributed by atoms with E-state index in [4.69, 9.17) is 4.42 Å². The first kappa shape index (κ1) is 12.8. The van der Waals surface area contributed by atoms with E-state index in [9.17, 15) is 0 Å². The predicted molar refractivity (Wildman–Crippen MR) is 76.5 cm³/mol. The van der Waals surface area contributed by atoms with Gasteiger partial charge in [-0.3, -0.25) is 0 Å². The third-order valence-corrected chi connectivity index (χ3v) is 4.20. The molecule has 0 radical (unpaired) electrons. The van der Waals surface area contributed by atoms with E-state index >= 15 is 0 Å². The maximum absolute atomic E-state index is 5.67. The average Bonchev–Trinajstić information content (AvgIpc) is 2.81. The summed E-state index contributed by atoms with van der Waals surface area (Å²) in [4.78, 5) is 0. The van der Waals surface area contributed by atoms with Crippen molar-refractivity contribution in [2.45, 2.75) is 25.8 Å². The second-order valence-corrected chi connectivity index (χ2v) is 5.76. The monoisotopic (exact) mass is 321 g/mol. The Bertz CT molecular complexity index is 551. The van der Waals surface area contributed by atoms with E-state index in [0.717, 1.165) is 22.5 Å². The maximum Gasteiger partial charge on any atom is 0.248 e. The second-order valence-electron chi connectivity index (χ2n) is 4.91. The molecule has 0 saturated heterocycles. The Morgan fingerprint density at radius 2 is 2.11 bits per heavy atom. The molecular weight excluding hydrogens is 306 g/mol. The Labute approximate surface area is 120 Å². The van der Waals surface area contributed by atoms with Gasteiger partial charge in [0, 0.05) is 4.47 Å². The largest absolute Gasteiger partial charge is 0.419 e. The summed E-state index contributed by atoms with van der Waals surface area (Å²) in [5.41, 5.74) is 0.931. The van der Waals surface area contributed by atoms with Crippen molar-refractivity contribution in [3.8, 4) is 11.5 Å². The number of benzene rings is 1. The van der Waals surface area contributed by atoms with Crippen molar-refractivity contribution in [3.63, 3.8) is 0 Å². The average molecular weight is 322 g/mol. The van der Waals surface area contributed by atoms with Crippen molar-refractivity contribution in [1.82, 2.24) is 15.5 Å². The van der Waals surface area contributed by atoms with Gasteiger partial charge < -0.3 is 9.73 Å². The van der Waals surface area contributed by atoms with Crippen LogP contribution in [-0.4, -0.2) is 16.7 Å². The van der Waals surface area contributed by atoms with E-state index in [1.54, 1.807) is 0 Å². The molecule has 1 heterocycles. The van der Waals surface area contributed by atoms with Crippen molar-refractivity contribution >= 4 is 15.9 Å². The summed E-state index contributed by atoms with van der Waals surface area (Å²) in [6.07, 6.45) is 4.07. The summed E-state index contributed by atoms with van der Waals surface area (Å²) in [5, 5.41) is 11.5. The van der Waals surface area contributed by atoms with Crippen LogP contribution in [0.25, 0.3) is 11.5 Å². The first-order chi connectivity index (χ1) is 9.33. The molecule has 1 aliphatic carbocycles. The minimum absolute atomic E-state index is 0.563. The van der Waals surface area contributed by atoms with Crippen molar-refractivity contribution in [1.29, 1.82) is 0 Å². The zero-order valence-electron chi connectivity index (χ0n) is 10.6. The molecule has 19 heavy (non-hydrogen) atoms. The van der Waals surface area contributed by atoms with Gasteiger partial charge in [-0.25, -0.2) is 0 Å². The lowest BCUT2D eigenvalue weighted by Gasteiger charge is -2.25. The Morgan fingerprint density at radius 3 is 2.84 bits per heavy atom. The summed E-state index contributed by atoms with van der Waals surface area (Å²) < 4.78 is 6.63. The molecule has 1 aromatic heterocycles. The van der Waals surface area contributed by atoms with Crippen LogP contribution in [-0.2, 0) is 6.54 Å². The van der Waals surface area contributed by atoms with Crippen LogP contribution < -0.4 is 5.32 Å². The minimum Gasteiger partial charge on any atom is -0.419 e. The number of aromatic nitrogens is 2. The molecule has 2 aromatic rings. The van der Waals surface area contributed by atoms with Gasteiger partial charge >= 0.3 is 0 Å². The lowest BCUT2D eigenvalue weighted by atomic mass is 9.85. The number of hydrogen-bond acceptors (Lipinski definition) is 4. The fourth-order valence-electron chi connectivity index (χ4n) is 2.15. The number of nitrogens with zero attached hydrogens (tertiary/aromatic N) is 2. The molecule has 0 unspecified atom stereocenters. The van der Waals surface area contributed by atoms with Gasteiger partial charge in [0.1, 0.15) is 0 Å². The Morgan fingerprint density at radius 1 is 1.26 bits per heavy atom. The number of nitrogens with one attached hydrogen (secondary N) is 1. The molecular formula is C14H16BrN3O. The highest BCUT2D eigenvalue weighted by atomic mass is 79.9. The molecule has 0 atom stereocenters. The van der Waals surface area contributed by atoms with E-state index < -0.39 is 0 Å². The molecule has 0 bridgehead atoms. The molecule has 4 nitrogen and oxygen atoms in total. The molecule has 0 spiro atoms. The van der Waals surface area contributed by atoms with E-state index in [1.165, 1.54) is 19.3 Å². The quantitative estimate of drug-likeness (QED) is 0.917. The zero-order valence-corrected chi connectivity index (χ0v) is 12.2. The smallest absolute Gasteiger partial charge is 0.248 e. The molecule has 1 saturated carbocycles. The molecule has 3 rings (SSSR count). The predicted octanol–water partition coefficient (Wildman–Crippen LogP) is 3.39. The normalized spacial score (nSPS) is 15.4. The first-order valence-corrected chi connectivity index (χ1v) is 7.40.